The third-order valence-electron chi connectivity index (χ3n) is 4.39. The minimum atomic E-state index is -0.920. The Kier molecular flexibility index (Phi) is 3.09. The summed E-state index contributed by atoms with van der Waals surface area (Å²) in [6.45, 7) is 0. The number of aromatic nitrogens is 1. The average Bonchev–Trinajstić information content (AvgIpc) is 2.15. The van der Waals surface area contributed by atoms with Gasteiger partial charge in [-0.05, 0) is 48.8 Å². The van der Waals surface area contributed by atoms with Gasteiger partial charge in [0.2, 0.25) is 0 Å². The van der Waals surface area contributed by atoms with Gasteiger partial charge in [-0.15, -0.1) is 0 Å². The van der Waals surface area contributed by atoms with Crippen molar-refractivity contribution in [1.29, 1.82) is 0 Å². The number of carbonyl (C=O) groups is 1. The Morgan fingerprint density at radius 3 is 2.24 bits per heavy atom. The van der Waals surface area contributed by atoms with Crippen molar-refractivity contribution in [2.45, 2.75) is 37.5 Å². The summed E-state index contributed by atoms with van der Waals surface area (Å²) in [5.41, 5.74) is 0.451. The predicted octanol–water partition coefficient (Wildman–Crippen LogP) is -1.96. The van der Waals surface area contributed by atoms with Crippen LogP contribution in [-0.4, -0.2) is 11.0 Å². The third kappa shape index (κ3) is 1.73. The van der Waals surface area contributed by atoms with Crippen molar-refractivity contribution >= 4 is 5.97 Å². The zero-order valence-corrected chi connectivity index (χ0v) is 10.1. The Labute approximate surface area is 113 Å². The van der Waals surface area contributed by atoms with Crippen LogP contribution in [0.25, 0.3) is 0 Å². The normalized spacial score (nSPS) is 23.1. The molecule has 0 radical (unpaired) electrons. The second-order valence-electron chi connectivity index (χ2n) is 5.31. The van der Waals surface area contributed by atoms with Crippen molar-refractivity contribution < 1.29 is 28.8 Å². The predicted molar refractivity (Wildman–Crippen MR) is 56.4 cm³/mol. The van der Waals surface area contributed by atoms with Crippen molar-refractivity contribution in [2.24, 2.45) is 5.41 Å². The first-order valence-corrected chi connectivity index (χ1v) is 5.79. The van der Waals surface area contributed by atoms with Crippen LogP contribution in [-0.2, 0) is 10.2 Å². The van der Waals surface area contributed by atoms with Gasteiger partial charge in [0, 0.05) is 17.8 Å². The molecule has 1 spiro atoms. The Morgan fingerprint density at radius 2 is 1.82 bits per heavy atom. The molecule has 0 aliphatic heterocycles. The molecule has 2 aliphatic carbocycles. The van der Waals surface area contributed by atoms with Crippen LogP contribution in [0, 0.1) is 5.41 Å². The van der Waals surface area contributed by atoms with Gasteiger partial charge in [-0.2, -0.15) is 0 Å². The molecule has 0 aromatic carbocycles. The molecule has 84 valence electrons. The van der Waals surface area contributed by atoms with Gasteiger partial charge in [-0.1, -0.05) is 6.42 Å². The van der Waals surface area contributed by atoms with Gasteiger partial charge in [0.15, 0.2) is 0 Å². The van der Waals surface area contributed by atoms with E-state index in [0.717, 1.165) is 18.4 Å². The van der Waals surface area contributed by atoms with Crippen molar-refractivity contribution in [1.82, 2.24) is 4.98 Å². The van der Waals surface area contributed by atoms with Crippen LogP contribution in [0.1, 0.15) is 37.7 Å². The number of carboxylic acids is 1. The molecule has 3 rings (SSSR count). The zero-order chi connectivity index (χ0) is 11.2. The third-order valence-corrected chi connectivity index (χ3v) is 4.39. The van der Waals surface area contributed by atoms with Gasteiger partial charge in [-0.25, -0.2) is 0 Å². The van der Waals surface area contributed by atoms with E-state index in [1.807, 2.05) is 0 Å². The smallest absolute Gasteiger partial charge is 0.549 e. The Morgan fingerprint density at radius 1 is 1.24 bits per heavy atom. The van der Waals surface area contributed by atoms with E-state index in [9.17, 15) is 9.90 Å². The molecule has 0 atom stereocenters. The molecule has 4 heteroatoms. The fourth-order valence-corrected chi connectivity index (χ4v) is 3.40. The molecule has 0 N–H and O–H groups in total. The summed E-state index contributed by atoms with van der Waals surface area (Å²) in [5.74, 6) is -0.920. The van der Waals surface area contributed by atoms with E-state index in [-0.39, 0.29) is 18.9 Å². The molecular weight excluding hydrogens is 209 g/mol. The number of hydrogen-bond donors (Lipinski definition) is 0. The largest absolute Gasteiger partial charge is 1.00 e. The summed E-state index contributed by atoms with van der Waals surface area (Å²) in [7, 11) is 0. The SMILES string of the molecule is O=C([O-])C1(c2ccncc2)CC2(CCC2)C1.[Li+]. The van der Waals surface area contributed by atoms with Gasteiger partial charge < -0.3 is 9.90 Å². The monoisotopic (exact) mass is 223 g/mol. The number of carbonyl (C=O) groups excluding carboxylic acids is 1. The number of rotatable bonds is 2. The molecule has 0 bridgehead atoms. The number of aliphatic carboxylic acids is 1. The van der Waals surface area contributed by atoms with Gasteiger partial charge in [0.1, 0.15) is 0 Å². The van der Waals surface area contributed by atoms with E-state index < -0.39 is 11.4 Å². The van der Waals surface area contributed by atoms with E-state index >= 15 is 0 Å². The summed E-state index contributed by atoms with van der Waals surface area (Å²) < 4.78 is 0. The summed E-state index contributed by atoms with van der Waals surface area (Å²) in [6.07, 6.45) is 8.45. The molecule has 0 unspecified atom stereocenters. The van der Waals surface area contributed by atoms with E-state index in [1.54, 1.807) is 24.5 Å². The number of nitrogens with zero attached hydrogens (tertiary/aromatic N) is 1. The second-order valence-corrected chi connectivity index (χ2v) is 5.31. The Bertz CT molecular complexity index is 420. The first-order valence-electron chi connectivity index (χ1n) is 5.79. The second kappa shape index (κ2) is 4.15. The van der Waals surface area contributed by atoms with Gasteiger partial charge >= 0.3 is 18.9 Å². The quantitative estimate of drug-likeness (QED) is 0.547. The minimum Gasteiger partial charge on any atom is -0.549 e. The molecule has 2 fully saturated rings. The number of hydrogen-bond acceptors (Lipinski definition) is 3. The molecule has 1 aromatic heterocycles. The molecule has 2 saturated carbocycles. The molecule has 3 nitrogen and oxygen atoms in total. The van der Waals surface area contributed by atoms with Crippen LogP contribution < -0.4 is 24.0 Å². The van der Waals surface area contributed by atoms with Gasteiger partial charge in [0.25, 0.3) is 0 Å². The van der Waals surface area contributed by atoms with E-state index in [1.165, 1.54) is 19.3 Å². The molecule has 1 aromatic rings. The van der Waals surface area contributed by atoms with Crippen LogP contribution in [0.5, 0.6) is 0 Å². The molecule has 1 heterocycles. The zero-order valence-electron chi connectivity index (χ0n) is 10.1. The van der Waals surface area contributed by atoms with E-state index in [2.05, 4.69) is 4.98 Å². The van der Waals surface area contributed by atoms with E-state index in [4.69, 9.17) is 0 Å². The standard InChI is InChI=1S/C13H15NO2.Li/c15-11(16)13(10-2-6-14-7-3-10)8-12(9-13)4-1-5-12;/h2-3,6-7H,1,4-5,8-9H2,(H,15,16);/q;+1/p-1. The Balaban J connectivity index is 0.00000108. The summed E-state index contributed by atoms with van der Waals surface area (Å²) in [6, 6.07) is 3.61. The van der Waals surface area contributed by atoms with Crippen LogP contribution in [0.4, 0.5) is 0 Å². The van der Waals surface area contributed by atoms with Crippen LogP contribution >= 0.6 is 0 Å². The van der Waals surface area contributed by atoms with Crippen molar-refractivity contribution in [3.8, 4) is 0 Å². The molecule has 2 aliphatic rings. The van der Waals surface area contributed by atoms with Crippen LogP contribution in [0.15, 0.2) is 24.5 Å². The summed E-state index contributed by atoms with van der Waals surface area (Å²) in [4.78, 5) is 15.3. The molecule has 0 saturated heterocycles. The Hall–Kier alpha value is -0.783. The maximum absolute atomic E-state index is 11.4. The fourth-order valence-electron chi connectivity index (χ4n) is 3.40. The minimum absolute atomic E-state index is 0. The maximum Gasteiger partial charge on any atom is 1.00 e. The first-order chi connectivity index (χ1) is 7.67. The van der Waals surface area contributed by atoms with Gasteiger partial charge in [0.05, 0.1) is 5.97 Å². The van der Waals surface area contributed by atoms with Crippen LogP contribution in [0.3, 0.4) is 0 Å². The number of pyridine rings is 1. The summed E-state index contributed by atoms with van der Waals surface area (Å²) in [5, 5.41) is 11.4. The summed E-state index contributed by atoms with van der Waals surface area (Å²) >= 11 is 0. The topological polar surface area (TPSA) is 53.0 Å². The first kappa shape index (κ1) is 12.7. The van der Waals surface area contributed by atoms with Gasteiger partial charge in [-0.3, -0.25) is 4.98 Å². The molecule has 17 heavy (non-hydrogen) atoms. The van der Waals surface area contributed by atoms with Crippen LogP contribution in [0.2, 0.25) is 0 Å². The number of carboxylic acid groups (broad SMARTS) is 1. The van der Waals surface area contributed by atoms with E-state index in [0.29, 0.717) is 5.41 Å². The van der Waals surface area contributed by atoms with Crippen molar-refractivity contribution in [2.75, 3.05) is 0 Å². The van der Waals surface area contributed by atoms with Crippen molar-refractivity contribution in [3.05, 3.63) is 30.1 Å². The maximum atomic E-state index is 11.4. The fraction of sp³-hybridized carbons (Fsp3) is 0.538. The average molecular weight is 223 g/mol. The van der Waals surface area contributed by atoms with Crippen molar-refractivity contribution in [3.63, 3.8) is 0 Å². The molecule has 0 amide bonds. The molecular formula is C13H14LiNO2.